The number of amides is 1. The van der Waals surface area contributed by atoms with Crippen LogP contribution in [0.3, 0.4) is 0 Å². The second kappa shape index (κ2) is 10.7. The summed E-state index contributed by atoms with van der Waals surface area (Å²) in [6.07, 6.45) is -0.781. The summed E-state index contributed by atoms with van der Waals surface area (Å²) in [4.78, 5) is 24.7. The fraction of sp³-hybridized carbons (Fsp3) is 0.161. The van der Waals surface area contributed by atoms with Gasteiger partial charge in [0.25, 0.3) is 0 Å². The molecule has 3 N–H and O–H groups in total. The average molecular weight is 510 g/mol. The van der Waals surface area contributed by atoms with Gasteiger partial charge in [-0.2, -0.15) is 0 Å². The molecule has 1 aliphatic rings. The number of phenolic OH excluding ortho intramolecular Hbond substituents is 1. The van der Waals surface area contributed by atoms with E-state index in [4.69, 9.17) is 9.47 Å². The number of nitrogens with one attached hydrogen (secondary N) is 1. The van der Waals surface area contributed by atoms with Crippen LogP contribution in [0.15, 0.2) is 91.0 Å². The third kappa shape index (κ3) is 5.04. The van der Waals surface area contributed by atoms with Crippen molar-refractivity contribution < 1.29 is 29.3 Å². The van der Waals surface area contributed by atoms with Crippen LogP contribution in [0.25, 0.3) is 22.3 Å². The van der Waals surface area contributed by atoms with Crippen molar-refractivity contribution in [3.05, 3.63) is 108 Å². The van der Waals surface area contributed by atoms with Gasteiger partial charge >= 0.3 is 12.1 Å². The fourth-order valence-corrected chi connectivity index (χ4v) is 4.93. The maximum absolute atomic E-state index is 12.7. The number of ether oxygens (including phenoxy) is 2. The van der Waals surface area contributed by atoms with E-state index in [2.05, 4.69) is 5.32 Å². The number of fused-ring (bicyclic) bond motifs is 3. The van der Waals surface area contributed by atoms with E-state index in [1.54, 1.807) is 43.5 Å². The number of carbonyl (C=O) groups is 2. The van der Waals surface area contributed by atoms with Crippen molar-refractivity contribution in [3.8, 4) is 33.8 Å². The van der Waals surface area contributed by atoms with Gasteiger partial charge in [0.05, 0.1) is 7.11 Å². The molecule has 0 saturated heterocycles. The molecule has 7 heteroatoms. The summed E-state index contributed by atoms with van der Waals surface area (Å²) in [5.41, 5.74) is 6.32. The number of hydrogen-bond acceptors (Lipinski definition) is 5. The van der Waals surface area contributed by atoms with E-state index in [0.717, 1.165) is 27.8 Å². The molecule has 0 heterocycles. The first kappa shape index (κ1) is 24.9. The minimum absolute atomic E-state index is 0.0168. The molecule has 0 fully saturated rings. The molecule has 0 aliphatic heterocycles. The quantitative estimate of drug-likeness (QED) is 0.286. The number of hydrogen-bond donors (Lipinski definition) is 3. The molecule has 38 heavy (non-hydrogen) atoms. The Hall–Kier alpha value is -4.78. The summed E-state index contributed by atoms with van der Waals surface area (Å²) in [6, 6.07) is 26.8. The lowest BCUT2D eigenvalue weighted by molar-refractivity contribution is -0.139. The Balaban J connectivity index is 1.27. The number of phenols is 1. The molecular weight excluding hydrogens is 482 g/mol. The highest BCUT2D eigenvalue weighted by molar-refractivity contribution is 5.81. The lowest BCUT2D eigenvalue weighted by Gasteiger charge is -2.18. The molecule has 7 nitrogen and oxygen atoms in total. The van der Waals surface area contributed by atoms with Crippen LogP contribution >= 0.6 is 0 Å². The number of aromatic hydroxyl groups is 1. The summed E-state index contributed by atoms with van der Waals surface area (Å²) in [5, 5.41) is 22.7. The lowest BCUT2D eigenvalue weighted by atomic mass is 9.98. The van der Waals surface area contributed by atoms with Crippen molar-refractivity contribution in [3.63, 3.8) is 0 Å². The molecule has 0 unspecified atom stereocenters. The summed E-state index contributed by atoms with van der Waals surface area (Å²) in [7, 11) is 1.57. The van der Waals surface area contributed by atoms with Gasteiger partial charge in [-0.1, -0.05) is 66.7 Å². The largest absolute Gasteiger partial charge is 0.507 e. The van der Waals surface area contributed by atoms with E-state index < -0.39 is 18.1 Å². The zero-order chi connectivity index (χ0) is 26.6. The van der Waals surface area contributed by atoms with Gasteiger partial charge in [-0.3, -0.25) is 0 Å². The summed E-state index contributed by atoms with van der Waals surface area (Å²) >= 11 is 0. The molecule has 1 atom stereocenters. The average Bonchev–Trinajstić information content (AvgIpc) is 3.26. The van der Waals surface area contributed by atoms with Crippen molar-refractivity contribution in [2.24, 2.45) is 0 Å². The Kier molecular flexibility index (Phi) is 7.00. The van der Waals surface area contributed by atoms with Gasteiger partial charge in [0.15, 0.2) is 0 Å². The second-order valence-corrected chi connectivity index (χ2v) is 9.14. The van der Waals surface area contributed by atoms with E-state index >= 15 is 0 Å². The van der Waals surface area contributed by atoms with Crippen LogP contribution in [0.1, 0.15) is 22.6 Å². The van der Waals surface area contributed by atoms with Crippen molar-refractivity contribution >= 4 is 12.1 Å². The van der Waals surface area contributed by atoms with Crippen LogP contribution in [0, 0.1) is 0 Å². The highest BCUT2D eigenvalue weighted by Gasteiger charge is 2.30. The first-order chi connectivity index (χ1) is 18.4. The Bertz CT molecular complexity index is 1430. The SMILES string of the molecule is COc1ccc(-c2cc(C[C@H](NC(=O)OCC3c4ccccc4-c4ccccc43)C(=O)O)ccc2O)cc1. The lowest BCUT2D eigenvalue weighted by Crippen LogP contribution is -2.42. The molecule has 1 aliphatic carbocycles. The van der Waals surface area contributed by atoms with Crippen molar-refractivity contribution in [1.82, 2.24) is 5.32 Å². The molecule has 5 rings (SSSR count). The van der Waals surface area contributed by atoms with Crippen LogP contribution in [-0.4, -0.2) is 42.0 Å². The molecule has 0 radical (unpaired) electrons. The molecule has 1 amide bonds. The number of carboxylic acids is 1. The standard InChI is InChI=1S/C31H27NO6/c1-37-21-13-11-20(12-14-21)26-16-19(10-15-29(26)33)17-28(30(34)35)32-31(36)38-18-27-24-8-4-2-6-22(24)23-7-3-5-9-25(23)27/h2-16,27-28,33H,17-18H2,1H3,(H,32,36)(H,34,35)/t28-/m0/s1. The molecule has 4 aromatic carbocycles. The van der Waals surface area contributed by atoms with E-state index in [9.17, 15) is 19.8 Å². The van der Waals surface area contributed by atoms with E-state index in [1.807, 2.05) is 48.5 Å². The third-order valence-corrected chi connectivity index (χ3v) is 6.84. The number of alkyl carbamates (subject to hydrolysis) is 1. The second-order valence-electron chi connectivity index (χ2n) is 9.14. The maximum Gasteiger partial charge on any atom is 0.407 e. The van der Waals surface area contributed by atoms with Gasteiger partial charge in [0, 0.05) is 17.9 Å². The monoisotopic (exact) mass is 509 g/mol. The molecule has 192 valence electrons. The van der Waals surface area contributed by atoms with Crippen LogP contribution in [-0.2, 0) is 16.0 Å². The van der Waals surface area contributed by atoms with Crippen molar-refractivity contribution in [2.45, 2.75) is 18.4 Å². The number of aliphatic carboxylic acids is 1. The van der Waals surface area contributed by atoms with Gasteiger partial charge in [0.1, 0.15) is 24.1 Å². The van der Waals surface area contributed by atoms with Gasteiger partial charge in [0.2, 0.25) is 0 Å². The molecule has 0 spiro atoms. The first-order valence-electron chi connectivity index (χ1n) is 12.2. The number of benzene rings is 4. The zero-order valence-corrected chi connectivity index (χ0v) is 20.8. The van der Waals surface area contributed by atoms with Gasteiger partial charge in [-0.05, 0) is 57.6 Å². The topological polar surface area (TPSA) is 105 Å². The Morgan fingerprint density at radius 3 is 2.11 bits per heavy atom. The number of rotatable bonds is 8. The molecule has 0 bridgehead atoms. The van der Waals surface area contributed by atoms with Gasteiger partial charge in [-0.25, -0.2) is 9.59 Å². The summed E-state index contributed by atoms with van der Waals surface area (Å²) in [6.45, 7) is 0.0903. The molecular formula is C31H27NO6. The predicted octanol–water partition coefficient (Wildman–Crippen LogP) is 5.60. The Labute approximate surface area is 220 Å². The van der Waals surface area contributed by atoms with Gasteiger partial charge in [-0.15, -0.1) is 0 Å². The normalized spacial score (nSPS) is 12.8. The molecule has 4 aromatic rings. The highest BCUT2D eigenvalue weighted by atomic mass is 16.5. The van der Waals surface area contributed by atoms with Crippen molar-refractivity contribution in [2.75, 3.05) is 13.7 Å². The predicted molar refractivity (Wildman–Crippen MR) is 143 cm³/mol. The van der Waals surface area contributed by atoms with E-state index in [-0.39, 0.29) is 24.7 Å². The van der Waals surface area contributed by atoms with Crippen LogP contribution in [0.5, 0.6) is 11.5 Å². The first-order valence-corrected chi connectivity index (χ1v) is 12.2. The zero-order valence-electron chi connectivity index (χ0n) is 20.8. The van der Waals surface area contributed by atoms with Crippen LogP contribution in [0.2, 0.25) is 0 Å². The van der Waals surface area contributed by atoms with E-state index in [1.165, 1.54) is 6.07 Å². The van der Waals surface area contributed by atoms with Crippen LogP contribution < -0.4 is 10.1 Å². The smallest absolute Gasteiger partial charge is 0.407 e. The van der Waals surface area contributed by atoms with Gasteiger partial charge < -0.3 is 25.0 Å². The van der Waals surface area contributed by atoms with Crippen molar-refractivity contribution in [1.29, 1.82) is 0 Å². The minimum atomic E-state index is -1.21. The number of carbonyl (C=O) groups excluding carboxylic acids is 1. The third-order valence-electron chi connectivity index (χ3n) is 6.84. The Morgan fingerprint density at radius 1 is 0.868 bits per heavy atom. The molecule has 0 aromatic heterocycles. The summed E-state index contributed by atoms with van der Waals surface area (Å²) in [5.74, 6) is -0.559. The highest BCUT2D eigenvalue weighted by Crippen LogP contribution is 2.44. The van der Waals surface area contributed by atoms with Crippen LogP contribution in [0.4, 0.5) is 4.79 Å². The summed E-state index contributed by atoms with van der Waals surface area (Å²) < 4.78 is 10.7. The molecule has 0 saturated carbocycles. The maximum atomic E-state index is 12.7. The number of methoxy groups -OCH3 is 1. The Morgan fingerprint density at radius 2 is 1.50 bits per heavy atom. The van der Waals surface area contributed by atoms with E-state index in [0.29, 0.717) is 16.9 Å². The minimum Gasteiger partial charge on any atom is -0.507 e. The number of carboxylic acid groups (broad SMARTS) is 1. The fourth-order valence-electron chi connectivity index (χ4n) is 4.93.